The monoisotopic (exact) mass is 396 g/mol. The van der Waals surface area contributed by atoms with Crippen molar-refractivity contribution in [2.75, 3.05) is 54.9 Å². The Bertz CT molecular complexity index is 1010. The summed E-state index contributed by atoms with van der Waals surface area (Å²) in [6.45, 7) is 4.79. The summed E-state index contributed by atoms with van der Waals surface area (Å²) < 4.78 is 13.3. The number of nitrogens with zero attached hydrogens (tertiary/aromatic N) is 6. The van der Waals surface area contributed by atoms with Crippen molar-refractivity contribution in [1.82, 2.24) is 25.0 Å². The van der Waals surface area contributed by atoms with Crippen molar-refractivity contribution >= 4 is 28.4 Å². The Morgan fingerprint density at radius 3 is 2.62 bits per heavy atom. The lowest BCUT2D eigenvalue weighted by Crippen LogP contribution is -2.43. The Hall–Kier alpha value is -2.85. The Kier molecular flexibility index (Phi) is 3.88. The van der Waals surface area contributed by atoms with Crippen LogP contribution < -0.4 is 15.5 Å². The summed E-state index contributed by atoms with van der Waals surface area (Å²) in [6.07, 6.45) is 4.51. The Labute approximate surface area is 167 Å². The van der Waals surface area contributed by atoms with Crippen LogP contribution in [-0.2, 0) is 9.47 Å². The minimum atomic E-state index is 0.285. The summed E-state index contributed by atoms with van der Waals surface area (Å²) in [5, 5.41) is 12.5. The van der Waals surface area contributed by atoms with Crippen molar-refractivity contribution in [1.29, 1.82) is 0 Å². The van der Waals surface area contributed by atoms with Gasteiger partial charge in [-0.25, -0.2) is 4.98 Å². The van der Waals surface area contributed by atoms with Gasteiger partial charge in [-0.05, 0) is 12.8 Å². The zero-order valence-corrected chi connectivity index (χ0v) is 16.1. The maximum absolute atomic E-state index is 6.41. The number of anilines is 3. The molecule has 0 aliphatic carbocycles. The van der Waals surface area contributed by atoms with E-state index in [1.165, 1.54) is 0 Å². The molecule has 2 atom stereocenters. The molecule has 10 heteroatoms. The van der Waals surface area contributed by atoms with Crippen molar-refractivity contribution in [2.24, 2.45) is 0 Å². The van der Waals surface area contributed by atoms with Gasteiger partial charge in [-0.1, -0.05) is 0 Å². The van der Waals surface area contributed by atoms with Crippen LogP contribution in [0, 0.1) is 0 Å². The molecule has 152 valence electrons. The molecule has 0 amide bonds. The van der Waals surface area contributed by atoms with E-state index in [9.17, 15) is 0 Å². The third-order valence-electron chi connectivity index (χ3n) is 6.06. The third-order valence-corrected chi connectivity index (χ3v) is 6.06. The second kappa shape index (κ2) is 6.60. The highest BCUT2D eigenvalue weighted by molar-refractivity contribution is 6.00. The van der Waals surface area contributed by atoms with Gasteiger partial charge in [0.2, 0.25) is 0 Å². The van der Waals surface area contributed by atoms with Crippen molar-refractivity contribution in [3.05, 3.63) is 18.3 Å². The van der Waals surface area contributed by atoms with Gasteiger partial charge in [0.15, 0.2) is 17.3 Å². The fourth-order valence-corrected chi connectivity index (χ4v) is 4.66. The average Bonchev–Trinajstić information content (AvgIpc) is 3.48. The summed E-state index contributed by atoms with van der Waals surface area (Å²) in [6, 6.07) is 4.03. The van der Waals surface area contributed by atoms with Crippen LogP contribution in [0.5, 0.6) is 0 Å². The van der Waals surface area contributed by atoms with Gasteiger partial charge < -0.3 is 25.0 Å². The molecule has 29 heavy (non-hydrogen) atoms. The lowest BCUT2D eigenvalue weighted by Gasteiger charge is -2.35. The van der Waals surface area contributed by atoms with E-state index in [0.717, 1.165) is 67.4 Å². The number of aromatic amines is 1. The maximum atomic E-state index is 6.41. The molecule has 2 unspecified atom stereocenters. The van der Waals surface area contributed by atoms with Crippen molar-refractivity contribution in [2.45, 2.75) is 25.0 Å². The number of nitrogens with one attached hydrogen (secondary N) is 1. The van der Waals surface area contributed by atoms with Crippen LogP contribution in [0.4, 0.5) is 17.3 Å². The number of ether oxygens (including phenoxy) is 2. The van der Waals surface area contributed by atoms with E-state index in [2.05, 4.69) is 31.2 Å². The summed E-state index contributed by atoms with van der Waals surface area (Å²) in [5.74, 6) is 2.14. The zero-order valence-electron chi connectivity index (χ0n) is 16.1. The third kappa shape index (κ3) is 2.82. The first-order chi connectivity index (χ1) is 14.3. The summed E-state index contributed by atoms with van der Waals surface area (Å²) in [7, 11) is 0. The highest BCUT2D eigenvalue weighted by atomic mass is 16.5. The van der Waals surface area contributed by atoms with Crippen LogP contribution in [-0.4, -0.2) is 76.6 Å². The molecule has 3 fully saturated rings. The molecule has 3 aromatic rings. The van der Waals surface area contributed by atoms with Crippen LogP contribution in [0.25, 0.3) is 16.9 Å². The van der Waals surface area contributed by atoms with E-state index in [1.807, 2.05) is 6.07 Å². The molecule has 10 nitrogen and oxygen atoms in total. The molecular formula is C19H24N8O2. The van der Waals surface area contributed by atoms with E-state index in [1.54, 1.807) is 10.9 Å². The second-order valence-corrected chi connectivity index (χ2v) is 7.90. The number of pyridine rings is 1. The average molecular weight is 396 g/mol. The molecule has 3 N–H and O–H groups in total. The molecule has 0 aromatic carbocycles. The van der Waals surface area contributed by atoms with Crippen LogP contribution >= 0.6 is 0 Å². The minimum absolute atomic E-state index is 0.285. The van der Waals surface area contributed by atoms with Gasteiger partial charge in [0.05, 0.1) is 42.7 Å². The topological polar surface area (TPSA) is 110 Å². The molecule has 6 heterocycles. The molecule has 0 radical (unpaired) electrons. The second-order valence-electron chi connectivity index (χ2n) is 7.90. The van der Waals surface area contributed by atoms with Gasteiger partial charge in [-0.2, -0.15) is 9.78 Å². The molecule has 3 aliphatic rings. The summed E-state index contributed by atoms with van der Waals surface area (Å²) in [5.41, 5.74) is 8.23. The minimum Gasteiger partial charge on any atom is -0.382 e. The number of rotatable bonds is 3. The van der Waals surface area contributed by atoms with Crippen LogP contribution in [0.15, 0.2) is 18.3 Å². The largest absolute Gasteiger partial charge is 0.382 e. The number of H-pyrrole nitrogens is 1. The lowest BCUT2D eigenvalue weighted by atomic mass is 10.2. The van der Waals surface area contributed by atoms with Crippen LogP contribution in [0.2, 0.25) is 0 Å². The molecular weight excluding hydrogens is 372 g/mol. The highest BCUT2D eigenvalue weighted by Crippen LogP contribution is 2.38. The van der Waals surface area contributed by atoms with E-state index in [-0.39, 0.29) is 12.2 Å². The fraction of sp³-hybridized carbons (Fsp3) is 0.526. The SMILES string of the molecule is Nc1nn(-c2ccn[nH]2)c2nc(N3CCOCC3)cc(N3CC4CCC(C3)O4)c12. The predicted molar refractivity (Wildman–Crippen MR) is 109 cm³/mol. The van der Waals surface area contributed by atoms with Gasteiger partial charge >= 0.3 is 0 Å². The standard InChI is InChI=1S/C19H24N8O2/c20-18-17-14(26-10-12-1-2-13(11-26)29-12)9-16(25-5-7-28-8-6-25)22-19(17)27(24-18)15-3-4-21-23-15/h3-4,9,12-13H,1-2,5-8,10-11H2,(H2,20,24)(H,21,23). The molecule has 0 spiro atoms. The van der Waals surface area contributed by atoms with E-state index >= 15 is 0 Å². The number of hydrogen-bond acceptors (Lipinski definition) is 8. The van der Waals surface area contributed by atoms with Gasteiger partial charge in [0.25, 0.3) is 0 Å². The quantitative estimate of drug-likeness (QED) is 0.673. The first-order valence-electron chi connectivity index (χ1n) is 10.2. The van der Waals surface area contributed by atoms with Crippen LogP contribution in [0.3, 0.4) is 0 Å². The highest BCUT2D eigenvalue weighted by Gasteiger charge is 2.35. The normalized spacial score (nSPS) is 24.6. The molecule has 0 saturated carbocycles. The van der Waals surface area contributed by atoms with Gasteiger partial charge in [-0.3, -0.25) is 5.10 Å². The van der Waals surface area contributed by atoms with E-state index in [4.69, 9.17) is 20.2 Å². The number of aromatic nitrogens is 5. The first kappa shape index (κ1) is 17.0. The van der Waals surface area contributed by atoms with Crippen molar-refractivity contribution < 1.29 is 9.47 Å². The first-order valence-corrected chi connectivity index (χ1v) is 10.2. The molecule has 3 aromatic heterocycles. The molecule has 3 aliphatic heterocycles. The number of hydrogen-bond donors (Lipinski definition) is 2. The Morgan fingerprint density at radius 1 is 1.10 bits per heavy atom. The Balaban J connectivity index is 1.53. The fourth-order valence-electron chi connectivity index (χ4n) is 4.66. The van der Waals surface area contributed by atoms with Crippen LogP contribution in [0.1, 0.15) is 12.8 Å². The number of nitrogen functional groups attached to an aromatic ring is 1. The zero-order chi connectivity index (χ0) is 19.4. The smallest absolute Gasteiger partial charge is 0.171 e. The predicted octanol–water partition coefficient (Wildman–Crippen LogP) is 0.930. The van der Waals surface area contributed by atoms with E-state index < -0.39 is 0 Å². The lowest BCUT2D eigenvalue weighted by molar-refractivity contribution is 0.0306. The molecule has 2 bridgehead atoms. The van der Waals surface area contributed by atoms with Gasteiger partial charge in [0, 0.05) is 38.3 Å². The number of nitrogens with two attached hydrogens (primary N) is 1. The van der Waals surface area contributed by atoms with Crippen molar-refractivity contribution in [3.63, 3.8) is 0 Å². The number of morpholine rings is 2. The molecule has 3 saturated heterocycles. The summed E-state index contributed by atoms with van der Waals surface area (Å²) >= 11 is 0. The van der Waals surface area contributed by atoms with Gasteiger partial charge in [0.1, 0.15) is 5.82 Å². The van der Waals surface area contributed by atoms with E-state index in [0.29, 0.717) is 19.0 Å². The summed E-state index contributed by atoms with van der Waals surface area (Å²) in [4.78, 5) is 9.63. The maximum Gasteiger partial charge on any atom is 0.171 e. The van der Waals surface area contributed by atoms with Gasteiger partial charge in [-0.15, -0.1) is 5.10 Å². The Morgan fingerprint density at radius 2 is 1.90 bits per heavy atom. The van der Waals surface area contributed by atoms with Crippen molar-refractivity contribution in [3.8, 4) is 5.82 Å². The molecule has 6 rings (SSSR count). The number of fused-ring (bicyclic) bond motifs is 3.